The summed E-state index contributed by atoms with van der Waals surface area (Å²) in [5.41, 5.74) is 6.17. The van der Waals surface area contributed by atoms with E-state index in [0.29, 0.717) is 23.0 Å². The summed E-state index contributed by atoms with van der Waals surface area (Å²) in [5, 5.41) is 0. The van der Waals surface area contributed by atoms with Crippen LogP contribution in [0.3, 0.4) is 0 Å². The van der Waals surface area contributed by atoms with Crippen LogP contribution in [0.25, 0.3) is 0 Å². The zero-order valence-electron chi connectivity index (χ0n) is 11.3. The number of nitrogen functional groups attached to an aromatic ring is 1. The summed E-state index contributed by atoms with van der Waals surface area (Å²) in [7, 11) is 0. The molecule has 0 aliphatic carbocycles. The smallest absolute Gasteiger partial charge is 0.295 e. The van der Waals surface area contributed by atoms with Crippen LogP contribution in [0.15, 0.2) is 34.9 Å². The van der Waals surface area contributed by atoms with Crippen molar-refractivity contribution in [3.8, 4) is 0 Å². The minimum atomic E-state index is -0.208. The average Bonchev–Trinajstić information content (AvgIpc) is 2.78. The predicted molar refractivity (Wildman–Crippen MR) is 74.0 cm³/mol. The van der Waals surface area contributed by atoms with Crippen molar-refractivity contribution in [1.82, 2.24) is 4.98 Å². The van der Waals surface area contributed by atoms with Crippen LogP contribution in [-0.4, -0.2) is 16.9 Å². The van der Waals surface area contributed by atoms with Crippen LogP contribution in [0, 0.1) is 6.92 Å². The second-order valence-corrected chi connectivity index (χ2v) is 4.63. The largest absolute Gasteiger partial charge is 0.456 e. The number of anilines is 2. The van der Waals surface area contributed by atoms with Gasteiger partial charge in [-0.3, -0.25) is 9.69 Å². The van der Waals surface area contributed by atoms with Gasteiger partial charge in [0.05, 0.1) is 11.9 Å². The van der Waals surface area contributed by atoms with Crippen LogP contribution in [0.1, 0.15) is 30.2 Å². The maximum absolute atomic E-state index is 12.4. The van der Waals surface area contributed by atoms with Crippen molar-refractivity contribution in [1.29, 1.82) is 0 Å². The van der Waals surface area contributed by atoms with Gasteiger partial charge in [0.25, 0.3) is 5.91 Å². The van der Waals surface area contributed by atoms with Crippen molar-refractivity contribution in [3.05, 3.63) is 42.0 Å². The maximum atomic E-state index is 12.4. The third-order valence-corrected chi connectivity index (χ3v) is 2.70. The fourth-order valence-corrected chi connectivity index (χ4v) is 1.81. The van der Waals surface area contributed by atoms with E-state index < -0.39 is 0 Å². The first-order valence-corrected chi connectivity index (χ1v) is 6.10. The molecule has 1 amide bonds. The number of amides is 1. The SMILES string of the molecule is Cc1ccc(C(=O)N(c2ccc(N)cn2)C(C)C)o1. The summed E-state index contributed by atoms with van der Waals surface area (Å²) in [5.74, 6) is 1.37. The third kappa shape index (κ3) is 2.76. The number of aromatic nitrogens is 1. The molecule has 5 heteroatoms. The van der Waals surface area contributed by atoms with Gasteiger partial charge < -0.3 is 10.2 Å². The number of furan rings is 1. The average molecular weight is 259 g/mol. The van der Waals surface area contributed by atoms with Crippen LogP contribution < -0.4 is 10.6 Å². The quantitative estimate of drug-likeness (QED) is 0.919. The third-order valence-electron chi connectivity index (χ3n) is 2.70. The topological polar surface area (TPSA) is 72.4 Å². The van der Waals surface area contributed by atoms with Gasteiger partial charge in [-0.2, -0.15) is 0 Å². The molecule has 2 aromatic heterocycles. The number of pyridine rings is 1. The molecule has 2 N–H and O–H groups in total. The fraction of sp³-hybridized carbons (Fsp3) is 0.286. The summed E-state index contributed by atoms with van der Waals surface area (Å²) < 4.78 is 5.38. The van der Waals surface area contributed by atoms with Gasteiger partial charge in [-0.25, -0.2) is 4.98 Å². The van der Waals surface area contributed by atoms with Gasteiger partial charge in [0.2, 0.25) is 0 Å². The highest BCUT2D eigenvalue weighted by Gasteiger charge is 2.24. The first-order valence-electron chi connectivity index (χ1n) is 6.10. The fourth-order valence-electron chi connectivity index (χ4n) is 1.81. The number of hydrogen-bond donors (Lipinski definition) is 1. The van der Waals surface area contributed by atoms with Gasteiger partial charge >= 0.3 is 0 Å². The van der Waals surface area contributed by atoms with Crippen molar-refractivity contribution in [2.24, 2.45) is 0 Å². The van der Waals surface area contributed by atoms with E-state index in [1.165, 1.54) is 6.20 Å². The van der Waals surface area contributed by atoms with E-state index in [9.17, 15) is 4.79 Å². The van der Waals surface area contributed by atoms with Crippen LogP contribution in [0.4, 0.5) is 11.5 Å². The van der Waals surface area contributed by atoms with Gasteiger partial charge in [-0.15, -0.1) is 0 Å². The first kappa shape index (κ1) is 13.1. The Balaban J connectivity index is 2.35. The highest BCUT2D eigenvalue weighted by Crippen LogP contribution is 2.19. The molecule has 2 rings (SSSR count). The van der Waals surface area contributed by atoms with Crippen LogP contribution in [-0.2, 0) is 0 Å². The van der Waals surface area contributed by atoms with Crippen LogP contribution in [0.5, 0.6) is 0 Å². The monoisotopic (exact) mass is 259 g/mol. The Bertz CT molecular complexity index is 573. The second-order valence-electron chi connectivity index (χ2n) is 4.63. The molecular weight excluding hydrogens is 242 g/mol. The Morgan fingerprint density at radius 1 is 1.32 bits per heavy atom. The minimum absolute atomic E-state index is 0.0333. The lowest BCUT2D eigenvalue weighted by Crippen LogP contribution is -2.37. The Labute approximate surface area is 112 Å². The number of nitrogens with two attached hydrogens (primary N) is 1. The zero-order valence-corrected chi connectivity index (χ0v) is 11.3. The lowest BCUT2D eigenvalue weighted by Gasteiger charge is -2.24. The molecule has 19 heavy (non-hydrogen) atoms. The molecule has 100 valence electrons. The first-order chi connectivity index (χ1) is 8.99. The zero-order chi connectivity index (χ0) is 14.0. The number of carbonyl (C=O) groups excluding carboxylic acids is 1. The summed E-state index contributed by atoms with van der Waals surface area (Å²) in [6, 6.07) is 6.85. The van der Waals surface area contributed by atoms with Crippen molar-refractivity contribution in [3.63, 3.8) is 0 Å². The van der Waals surface area contributed by atoms with Gasteiger partial charge in [0.1, 0.15) is 11.6 Å². The molecule has 0 saturated carbocycles. The van der Waals surface area contributed by atoms with E-state index in [2.05, 4.69) is 4.98 Å². The van der Waals surface area contributed by atoms with E-state index in [-0.39, 0.29) is 11.9 Å². The molecule has 0 bridgehead atoms. The molecule has 0 aliphatic rings. The molecule has 0 unspecified atom stereocenters. The molecule has 0 saturated heterocycles. The van der Waals surface area contributed by atoms with Crippen LogP contribution in [0.2, 0.25) is 0 Å². The molecule has 0 fully saturated rings. The number of carbonyl (C=O) groups is 1. The number of rotatable bonds is 3. The predicted octanol–water partition coefficient (Wildman–Crippen LogP) is 2.62. The highest BCUT2D eigenvalue weighted by molar-refractivity contribution is 6.04. The summed E-state index contributed by atoms with van der Waals surface area (Å²) in [4.78, 5) is 18.2. The van der Waals surface area contributed by atoms with Gasteiger partial charge in [0, 0.05) is 6.04 Å². The summed E-state index contributed by atoms with van der Waals surface area (Å²) in [6.45, 7) is 5.65. The lowest BCUT2D eigenvalue weighted by molar-refractivity contribution is 0.0951. The van der Waals surface area contributed by atoms with Crippen molar-refractivity contribution >= 4 is 17.4 Å². The Morgan fingerprint density at radius 3 is 2.53 bits per heavy atom. The van der Waals surface area contributed by atoms with E-state index in [4.69, 9.17) is 10.2 Å². The van der Waals surface area contributed by atoms with Crippen molar-refractivity contribution in [2.45, 2.75) is 26.8 Å². The Morgan fingerprint density at radius 2 is 2.05 bits per heavy atom. The van der Waals surface area contributed by atoms with E-state index in [0.717, 1.165) is 0 Å². The van der Waals surface area contributed by atoms with Gasteiger partial charge in [-0.1, -0.05) is 0 Å². The van der Waals surface area contributed by atoms with E-state index >= 15 is 0 Å². The number of nitrogens with zero attached hydrogens (tertiary/aromatic N) is 2. The Hall–Kier alpha value is -2.30. The molecule has 0 aromatic carbocycles. The van der Waals surface area contributed by atoms with Crippen molar-refractivity contribution in [2.75, 3.05) is 10.6 Å². The molecular formula is C14H17N3O2. The highest BCUT2D eigenvalue weighted by atomic mass is 16.3. The lowest BCUT2D eigenvalue weighted by atomic mass is 10.2. The standard InChI is InChI=1S/C14H17N3O2/c1-9(2)17(13-7-5-11(15)8-16-13)14(18)12-6-4-10(3)19-12/h4-9H,15H2,1-3H3. The van der Waals surface area contributed by atoms with Crippen molar-refractivity contribution < 1.29 is 9.21 Å². The normalized spacial score (nSPS) is 10.7. The molecule has 0 atom stereocenters. The van der Waals surface area contributed by atoms with Gasteiger partial charge in [-0.05, 0) is 45.0 Å². The molecule has 0 aliphatic heterocycles. The molecule has 0 radical (unpaired) electrons. The van der Waals surface area contributed by atoms with E-state index in [1.807, 2.05) is 13.8 Å². The Kier molecular flexibility index (Phi) is 3.55. The summed E-state index contributed by atoms with van der Waals surface area (Å²) >= 11 is 0. The molecule has 2 heterocycles. The minimum Gasteiger partial charge on any atom is -0.456 e. The molecule has 0 spiro atoms. The molecule has 5 nitrogen and oxygen atoms in total. The summed E-state index contributed by atoms with van der Waals surface area (Å²) in [6.07, 6.45) is 1.53. The van der Waals surface area contributed by atoms with E-state index in [1.54, 1.807) is 36.1 Å². The number of hydrogen-bond acceptors (Lipinski definition) is 4. The van der Waals surface area contributed by atoms with Gasteiger partial charge in [0.15, 0.2) is 5.76 Å². The van der Waals surface area contributed by atoms with Crippen LogP contribution >= 0.6 is 0 Å². The molecule has 2 aromatic rings. The maximum Gasteiger partial charge on any atom is 0.295 e. The number of aryl methyl sites for hydroxylation is 1. The second kappa shape index (κ2) is 5.14.